The predicted molar refractivity (Wildman–Crippen MR) is 68.5 cm³/mol. The van der Waals surface area contributed by atoms with Crippen LogP contribution in [0.2, 0.25) is 5.02 Å². The minimum absolute atomic E-state index is 0.670. The molecule has 0 aliphatic carbocycles. The molecule has 0 aliphatic rings. The maximum atomic E-state index is 6.08. The smallest absolute Gasteiger partial charge is 0.0832 e. The van der Waals surface area contributed by atoms with E-state index in [1.807, 2.05) is 31.3 Å². The Labute approximate surface area is 105 Å². The van der Waals surface area contributed by atoms with E-state index in [9.17, 15) is 0 Å². The predicted octanol–water partition coefficient (Wildman–Crippen LogP) is 2.12. The van der Waals surface area contributed by atoms with Gasteiger partial charge in [-0.3, -0.25) is 0 Å². The highest BCUT2D eigenvalue weighted by atomic mass is 35.5. The van der Waals surface area contributed by atoms with Gasteiger partial charge < -0.3 is 5.73 Å². The van der Waals surface area contributed by atoms with Crippen LogP contribution < -0.4 is 5.73 Å². The molecule has 0 saturated carbocycles. The molecular formula is C12H15ClN4. The van der Waals surface area contributed by atoms with Crippen LogP contribution in [0.4, 0.5) is 0 Å². The van der Waals surface area contributed by atoms with E-state index in [-0.39, 0.29) is 0 Å². The molecule has 1 aromatic heterocycles. The van der Waals surface area contributed by atoms with Crippen molar-refractivity contribution in [2.24, 2.45) is 5.73 Å². The van der Waals surface area contributed by atoms with Gasteiger partial charge in [0.25, 0.3) is 0 Å². The number of benzene rings is 1. The second-order valence-corrected chi connectivity index (χ2v) is 4.39. The summed E-state index contributed by atoms with van der Waals surface area (Å²) in [6.07, 6.45) is 3.69. The lowest BCUT2D eigenvalue weighted by molar-refractivity contribution is 0.779. The number of nitrogens with zero attached hydrogens (tertiary/aromatic N) is 3. The molecule has 0 radical (unpaired) electrons. The molecule has 17 heavy (non-hydrogen) atoms. The van der Waals surface area contributed by atoms with Gasteiger partial charge in [-0.25, -0.2) is 4.68 Å². The van der Waals surface area contributed by atoms with E-state index in [0.717, 1.165) is 34.8 Å². The van der Waals surface area contributed by atoms with Crippen LogP contribution in [0.3, 0.4) is 0 Å². The van der Waals surface area contributed by atoms with Crippen LogP contribution in [-0.2, 0) is 6.42 Å². The van der Waals surface area contributed by atoms with Crippen molar-refractivity contribution in [3.05, 3.63) is 40.7 Å². The van der Waals surface area contributed by atoms with Crippen molar-refractivity contribution in [1.29, 1.82) is 0 Å². The van der Waals surface area contributed by atoms with Gasteiger partial charge in [0.2, 0.25) is 0 Å². The Morgan fingerprint density at radius 1 is 1.41 bits per heavy atom. The van der Waals surface area contributed by atoms with Crippen LogP contribution in [0.1, 0.15) is 17.7 Å². The van der Waals surface area contributed by atoms with E-state index < -0.39 is 0 Å². The van der Waals surface area contributed by atoms with Crippen LogP contribution in [0.15, 0.2) is 24.4 Å². The van der Waals surface area contributed by atoms with Crippen molar-refractivity contribution in [2.75, 3.05) is 6.54 Å². The van der Waals surface area contributed by atoms with E-state index in [2.05, 4.69) is 10.3 Å². The zero-order chi connectivity index (χ0) is 12.3. The summed E-state index contributed by atoms with van der Waals surface area (Å²) < 4.78 is 1.73. The fraction of sp³-hybridized carbons (Fsp3) is 0.333. The highest BCUT2D eigenvalue weighted by Crippen LogP contribution is 2.18. The lowest BCUT2D eigenvalue weighted by Gasteiger charge is -2.02. The molecule has 0 amide bonds. The molecular weight excluding hydrogens is 236 g/mol. The largest absolute Gasteiger partial charge is 0.330 e. The molecule has 2 aromatic rings. The first-order valence-corrected chi connectivity index (χ1v) is 5.96. The maximum absolute atomic E-state index is 6.08. The zero-order valence-corrected chi connectivity index (χ0v) is 10.5. The molecule has 0 fully saturated rings. The van der Waals surface area contributed by atoms with Gasteiger partial charge >= 0.3 is 0 Å². The maximum Gasteiger partial charge on any atom is 0.0832 e. The van der Waals surface area contributed by atoms with E-state index >= 15 is 0 Å². The van der Waals surface area contributed by atoms with Gasteiger partial charge in [-0.1, -0.05) is 22.9 Å². The summed E-state index contributed by atoms with van der Waals surface area (Å²) in [4.78, 5) is 0. The first-order chi connectivity index (χ1) is 8.20. The van der Waals surface area contributed by atoms with Crippen molar-refractivity contribution in [3.63, 3.8) is 0 Å². The van der Waals surface area contributed by atoms with Crippen molar-refractivity contribution >= 4 is 11.6 Å². The lowest BCUT2D eigenvalue weighted by atomic mass is 10.2. The Hall–Kier alpha value is -1.39. The minimum atomic E-state index is 0.670. The number of halogens is 1. The van der Waals surface area contributed by atoms with Gasteiger partial charge in [-0.15, -0.1) is 5.10 Å². The normalized spacial score (nSPS) is 10.8. The molecule has 0 saturated heterocycles. The molecule has 0 spiro atoms. The fourth-order valence-electron chi connectivity index (χ4n) is 1.55. The SMILES string of the molecule is Cc1ccc(-n2cc(CCCN)nn2)cc1Cl. The summed E-state index contributed by atoms with van der Waals surface area (Å²) in [7, 11) is 0. The molecule has 0 unspecified atom stereocenters. The van der Waals surface area contributed by atoms with Crippen LogP contribution in [0, 0.1) is 6.92 Å². The fourth-order valence-corrected chi connectivity index (χ4v) is 1.72. The van der Waals surface area contributed by atoms with Gasteiger partial charge in [-0.2, -0.15) is 0 Å². The number of aryl methyl sites for hydroxylation is 2. The van der Waals surface area contributed by atoms with Gasteiger partial charge in [0, 0.05) is 5.02 Å². The summed E-state index contributed by atoms with van der Waals surface area (Å²) in [6.45, 7) is 2.64. The Morgan fingerprint density at radius 2 is 2.24 bits per heavy atom. The number of hydrogen-bond acceptors (Lipinski definition) is 3. The molecule has 0 bridgehead atoms. The zero-order valence-electron chi connectivity index (χ0n) is 9.73. The number of aromatic nitrogens is 3. The van der Waals surface area contributed by atoms with E-state index in [1.165, 1.54) is 0 Å². The summed E-state index contributed by atoms with van der Waals surface area (Å²) in [5.41, 5.74) is 8.39. The number of hydrogen-bond donors (Lipinski definition) is 1. The van der Waals surface area contributed by atoms with E-state index in [0.29, 0.717) is 6.54 Å². The van der Waals surface area contributed by atoms with Crippen molar-refractivity contribution in [3.8, 4) is 5.69 Å². The quantitative estimate of drug-likeness (QED) is 0.904. The molecule has 1 aromatic carbocycles. The summed E-state index contributed by atoms with van der Waals surface area (Å²) in [5, 5.41) is 8.91. The van der Waals surface area contributed by atoms with Crippen LogP contribution in [0.25, 0.3) is 5.69 Å². The third-order valence-corrected chi connectivity index (χ3v) is 3.01. The Morgan fingerprint density at radius 3 is 2.94 bits per heavy atom. The third-order valence-electron chi connectivity index (χ3n) is 2.60. The average molecular weight is 251 g/mol. The Bertz CT molecular complexity index is 507. The molecule has 90 valence electrons. The van der Waals surface area contributed by atoms with Gasteiger partial charge in [0.1, 0.15) is 0 Å². The third kappa shape index (κ3) is 2.84. The summed E-state index contributed by atoms with van der Waals surface area (Å²) in [5.74, 6) is 0. The molecule has 2 N–H and O–H groups in total. The van der Waals surface area contributed by atoms with Crippen LogP contribution in [0.5, 0.6) is 0 Å². The van der Waals surface area contributed by atoms with Crippen LogP contribution in [-0.4, -0.2) is 21.5 Å². The van der Waals surface area contributed by atoms with E-state index in [1.54, 1.807) is 4.68 Å². The van der Waals surface area contributed by atoms with Crippen molar-refractivity contribution in [2.45, 2.75) is 19.8 Å². The second kappa shape index (κ2) is 5.29. The molecule has 4 nitrogen and oxygen atoms in total. The van der Waals surface area contributed by atoms with Gasteiger partial charge in [0.15, 0.2) is 0 Å². The first-order valence-electron chi connectivity index (χ1n) is 5.58. The average Bonchev–Trinajstić information content (AvgIpc) is 2.79. The summed E-state index contributed by atoms with van der Waals surface area (Å²) >= 11 is 6.08. The Balaban J connectivity index is 2.21. The Kier molecular flexibility index (Phi) is 3.76. The summed E-state index contributed by atoms with van der Waals surface area (Å²) in [6, 6.07) is 5.83. The first kappa shape index (κ1) is 12.1. The molecule has 0 atom stereocenters. The highest BCUT2D eigenvalue weighted by Gasteiger charge is 2.04. The molecule has 2 rings (SSSR count). The highest BCUT2D eigenvalue weighted by molar-refractivity contribution is 6.31. The van der Waals surface area contributed by atoms with Crippen molar-refractivity contribution < 1.29 is 0 Å². The van der Waals surface area contributed by atoms with Gasteiger partial charge in [-0.05, 0) is 44.0 Å². The number of nitrogens with two attached hydrogens (primary N) is 1. The molecule has 1 heterocycles. The monoisotopic (exact) mass is 250 g/mol. The van der Waals surface area contributed by atoms with Crippen molar-refractivity contribution in [1.82, 2.24) is 15.0 Å². The topological polar surface area (TPSA) is 56.7 Å². The molecule has 5 heteroatoms. The minimum Gasteiger partial charge on any atom is -0.330 e. The molecule has 0 aliphatic heterocycles. The number of rotatable bonds is 4. The van der Waals surface area contributed by atoms with Gasteiger partial charge in [0.05, 0.1) is 17.6 Å². The lowest BCUT2D eigenvalue weighted by Crippen LogP contribution is -2.00. The van der Waals surface area contributed by atoms with E-state index in [4.69, 9.17) is 17.3 Å². The van der Waals surface area contributed by atoms with Crippen LogP contribution >= 0.6 is 11.6 Å². The second-order valence-electron chi connectivity index (χ2n) is 3.98. The standard InChI is InChI=1S/C12H15ClN4/c1-9-4-5-11(7-12(9)13)17-8-10(15-16-17)3-2-6-14/h4-5,7-8H,2-3,6,14H2,1H3.